The zero-order valence-corrected chi connectivity index (χ0v) is 14.4. The van der Waals surface area contributed by atoms with Gasteiger partial charge in [-0.05, 0) is 39.5 Å². The van der Waals surface area contributed by atoms with E-state index in [2.05, 4.69) is 37.2 Å². The third-order valence-electron chi connectivity index (χ3n) is 3.32. The summed E-state index contributed by atoms with van der Waals surface area (Å²) < 4.78 is 3.69. The van der Waals surface area contributed by atoms with Crippen molar-refractivity contribution in [3.8, 4) is 0 Å². The van der Waals surface area contributed by atoms with Crippen LogP contribution in [-0.4, -0.2) is 10.5 Å². The van der Waals surface area contributed by atoms with E-state index in [1.54, 1.807) is 10.6 Å². The molecule has 3 aromatic rings. The summed E-state index contributed by atoms with van der Waals surface area (Å²) in [6.07, 6.45) is 1.86. The van der Waals surface area contributed by atoms with E-state index in [4.69, 9.17) is 0 Å². The number of aryl methyl sites for hydroxylation is 1. The van der Waals surface area contributed by atoms with Crippen molar-refractivity contribution in [2.45, 2.75) is 0 Å². The highest BCUT2D eigenvalue weighted by molar-refractivity contribution is 9.11. The van der Waals surface area contributed by atoms with Gasteiger partial charge in [-0.15, -0.1) is 0 Å². The quantitative estimate of drug-likeness (QED) is 0.640. The van der Waals surface area contributed by atoms with E-state index in [9.17, 15) is 4.79 Å². The summed E-state index contributed by atoms with van der Waals surface area (Å²) in [5.74, 6) is -0.129. The SMILES string of the molecule is Cn1cc(Br)cc1C(=O)Nc1ccc(Br)c2ccccc12. The molecule has 21 heavy (non-hydrogen) atoms. The average Bonchev–Trinajstić information content (AvgIpc) is 2.81. The average molecular weight is 408 g/mol. The van der Waals surface area contributed by atoms with Gasteiger partial charge in [0.25, 0.3) is 5.91 Å². The number of hydrogen-bond donors (Lipinski definition) is 1. The van der Waals surface area contributed by atoms with Gasteiger partial charge in [0.1, 0.15) is 5.69 Å². The van der Waals surface area contributed by atoms with E-state index in [-0.39, 0.29) is 5.91 Å². The Hall–Kier alpha value is -1.59. The Morgan fingerprint density at radius 3 is 2.48 bits per heavy atom. The number of nitrogens with one attached hydrogen (secondary N) is 1. The molecule has 0 fully saturated rings. The Morgan fingerprint density at radius 1 is 1.10 bits per heavy atom. The second-order valence-electron chi connectivity index (χ2n) is 4.75. The van der Waals surface area contributed by atoms with Crippen molar-refractivity contribution in [3.05, 3.63) is 63.3 Å². The van der Waals surface area contributed by atoms with Crippen molar-refractivity contribution < 1.29 is 4.79 Å². The maximum atomic E-state index is 12.4. The number of aromatic nitrogens is 1. The number of carbonyl (C=O) groups excluding carboxylic acids is 1. The standard InChI is InChI=1S/C16H12Br2N2O/c1-20-9-10(17)8-15(20)16(21)19-14-7-6-13(18)11-4-2-3-5-12(11)14/h2-9H,1H3,(H,19,21). The third-order valence-corrected chi connectivity index (χ3v) is 4.45. The van der Waals surface area contributed by atoms with Gasteiger partial charge in [-0.3, -0.25) is 4.79 Å². The van der Waals surface area contributed by atoms with Crippen LogP contribution in [0.25, 0.3) is 10.8 Å². The van der Waals surface area contributed by atoms with E-state index in [0.29, 0.717) is 5.69 Å². The number of amides is 1. The molecule has 0 atom stereocenters. The normalized spacial score (nSPS) is 10.8. The van der Waals surface area contributed by atoms with Crippen LogP contribution in [0.2, 0.25) is 0 Å². The van der Waals surface area contributed by atoms with Crippen molar-refractivity contribution in [2.75, 3.05) is 5.32 Å². The van der Waals surface area contributed by atoms with Gasteiger partial charge in [0.2, 0.25) is 0 Å². The van der Waals surface area contributed by atoms with Crippen LogP contribution < -0.4 is 5.32 Å². The van der Waals surface area contributed by atoms with Crippen molar-refractivity contribution >= 4 is 54.2 Å². The minimum Gasteiger partial charge on any atom is -0.345 e. The summed E-state index contributed by atoms with van der Waals surface area (Å²) >= 11 is 6.91. The molecular weight excluding hydrogens is 396 g/mol. The van der Waals surface area contributed by atoms with Crippen LogP contribution in [0.5, 0.6) is 0 Å². The second kappa shape index (κ2) is 5.66. The lowest BCUT2D eigenvalue weighted by molar-refractivity contribution is 0.101. The summed E-state index contributed by atoms with van der Waals surface area (Å²) in [5, 5.41) is 5.06. The topological polar surface area (TPSA) is 34.0 Å². The Bertz CT molecular complexity index is 839. The molecule has 0 saturated carbocycles. The summed E-state index contributed by atoms with van der Waals surface area (Å²) in [6.45, 7) is 0. The van der Waals surface area contributed by atoms with Crippen LogP contribution in [-0.2, 0) is 7.05 Å². The molecule has 0 radical (unpaired) electrons. The second-order valence-corrected chi connectivity index (χ2v) is 6.52. The Balaban J connectivity index is 2.01. The molecular formula is C16H12Br2N2O. The maximum Gasteiger partial charge on any atom is 0.272 e. The van der Waals surface area contributed by atoms with Gasteiger partial charge < -0.3 is 9.88 Å². The Kier molecular flexibility index (Phi) is 3.87. The molecule has 0 aliphatic rings. The molecule has 0 spiro atoms. The van der Waals surface area contributed by atoms with Crippen LogP contribution in [0, 0.1) is 0 Å². The summed E-state index contributed by atoms with van der Waals surface area (Å²) in [4.78, 5) is 12.4. The molecule has 0 aliphatic carbocycles. The van der Waals surface area contributed by atoms with Gasteiger partial charge in [0.05, 0.1) is 0 Å². The summed E-state index contributed by atoms with van der Waals surface area (Å²) in [6, 6.07) is 13.6. The molecule has 1 amide bonds. The zero-order chi connectivity index (χ0) is 15.0. The molecule has 1 aromatic heterocycles. The van der Waals surface area contributed by atoms with Gasteiger partial charge in [0.15, 0.2) is 0 Å². The Morgan fingerprint density at radius 2 is 1.81 bits per heavy atom. The highest BCUT2D eigenvalue weighted by Gasteiger charge is 2.13. The van der Waals surface area contributed by atoms with E-state index in [1.165, 1.54) is 0 Å². The predicted octanol–water partition coefficient (Wildman–Crippen LogP) is 4.96. The van der Waals surface area contributed by atoms with Gasteiger partial charge in [-0.2, -0.15) is 0 Å². The molecule has 3 nitrogen and oxygen atoms in total. The van der Waals surface area contributed by atoms with Gasteiger partial charge in [-0.25, -0.2) is 0 Å². The first-order valence-corrected chi connectivity index (χ1v) is 7.95. The summed E-state index contributed by atoms with van der Waals surface area (Å²) in [7, 11) is 1.85. The fourth-order valence-corrected chi connectivity index (χ4v) is 3.31. The number of anilines is 1. The van der Waals surface area contributed by atoms with Gasteiger partial charge >= 0.3 is 0 Å². The smallest absolute Gasteiger partial charge is 0.272 e. The molecule has 2 aromatic carbocycles. The van der Waals surface area contributed by atoms with Gasteiger partial charge in [-0.1, -0.05) is 40.2 Å². The highest BCUT2D eigenvalue weighted by Crippen LogP contribution is 2.30. The number of rotatable bonds is 2. The predicted molar refractivity (Wildman–Crippen MR) is 92.7 cm³/mol. The number of benzene rings is 2. The first-order chi connectivity index (χ1) is 10.1. The number of hydrogen-bond acceptors (Lipinski definition) is 1. The van der Waals surface area contributed by atoms with Crippen molar-refractivity contribution in [2.24, 2.45) is 7.05 Å². The monoisotopic (exact) mass is 406 g/mol. The minimum atomic E-state index is -0.129. The lowest BCUT2D eigenvalue weighted by atomic mass is 10.1. The summed E-state index contributed by atoms with van der Waals surface area (Å²) in [5.41, 5.74) is 1.41. The number of carbonyl (C=O) groups is 1. The number of nitrogens with zero attached hydrogens (tertiary/aromatic N) is 1. The van der Waals surface area contributed by atoms with Crippen LogP contribution in [0.4, 0.5) is 5.69 Å². The van der Waals surface area contributed by atoms with Gasteiger partial charge in [0, 0.05) is 33.3 Å². The van der Waals surface area contributed by atoms with E-state index < -0.39 is 0 Å². The Labute approximate surface area is 139 Å². The molecule has 106 valence electrons. The van der Waals surface area contributed by atoms with E-state index in [1.807, 2.05) is 49.6 Å². The fourth-order valence-electron chi connectivity index (χ4n) is 2.31. The maximum absolute atomic E-state index is 12.4. The van der Waals surface area contributed by atoms with Crippen molar-refractivity contribution in [3.63, 3.8) is 0 Å². The van der Waals surface area contributed by atoms with Crippen LogP contribution in [0.1, 0.15) is 10.5 Å². The number of halogens is 2. The molecule has 0 bridgehead atoms. The van der Waals surface area contributed by atoms with E-state index in [0.717, 1.165) is 25.4 Å². The first-order valence-electron chi connectivity index (χ1n) is 6.37. The zero-order valence-electron chi connectivity index (χ0n) is 11.2. The third kappa shape index (κ3) is 2.76. The van der Waals surface area contributed by atoms with E-state index >= 15 is 0 Å². The largest absolute Gasteiger partial charge is 0.345 e. The number of fused-ring (bicyclic) bond motifs is 1. The molecule has 5 heteroatoms. The highest BCUT2D eigenvalue weighted by atomic mass is 79.9. The molecule has 1 heterocycles. The van der Waals surface area contributed by atoms with Crippen LogP contribution in [0.15, 0.2) is 57.6 Å². The first kappa shape index (κ1) is 14.4. The molecule has 0 saturated heterocycles. The lowest BCUT2D eigenvalue weighted by Gasteiger charge is -2.10. The van der Waals surface area contributed by atoms with Crippen molar-refractivity contribution in [1.29, 1.82) is 0 Å². The fraction of sp³-hybridized carbons (Fsp3) is 0.0625. The van der Waals surface area contributed by atoms with Crippen LogP contribution in [0.3, 0.4) is 0 Å². The molecule has 0 aliphatic heterocycles. The van der Waals surface area contributed by atoms with Crippen LogP contribution >= 0.6 is 31.9 Å². The minimum absolute atomic E-state index is 0.129. The lowest BCUT2D eigenvalue weighted by Crippen LogP contribution is -2.15. The molecule has 3 rings (SSSR count). The van der Waals surface area contributed by atoms with Crippen molar-refractivity contribution in [1.82, 2.24) is 4.57 Å². The molecule has 1 N–H and O–H groups in total. The molecule has 0 unspecified atom stereocenters.